The average molecular weight is 419 g/mol. The maximum absolute atomic E-state index is 11.7. The molecule has 2 aromatic carbocycles. The van der Waals surface area contributed by atoms with Gasteiger partial charge in [-0.2, -0.15) is 0 Å². The number of esters is 1. The van der Waals surface area contributed by atoms with E-state index in [4.69, 9.17) is 9.47 Å². The molecule has 0 saturated carbocycles. The molecule has 1 atom stereocenters. The van der Waals surface area contributed by atoms with Gasteiger partial charge >= 0.3 is 5.97 Å². The molecule has 1 aliphatic carbocycles. The van der Waals surface area contributed by atoms with Gasteiger partial charge in [-0.25, -0.2) is 4.79 Å². The summed E-state index contributed by atoms with van der Waals surface area (Å²) in [6, 6.07) is 13.2. The third kappa shape index (κ3) is 3.79. The molecule has 1 heterocycles. The fourth-order valence-electron chi connectivity index (χ4n) is 5.03. The summed E-state index contributed by atoms with van der Waals surface area (Å²) in [6.07, 6.45) is 5.71. The predicted octanol–water partition coefficient (Wildman–Crippen LogP) is 6.31. The number of rotatable bonds is 4. The number of benzene rings is 2. The number of fused-ring (bicyclic) bond motifs is 2. The molecule has 0 amide bonds. The maximum atomic E-state index is 11.7. The van der Waals surface area contributed by atoms with Gasteiger partial charge in [-0.1, -0.05) is 52.0 Å². The Hall–Kier alpha value is -2.55. The van der Waals surface area contributed by atoms with Crippen LogP contribution in [0.3, 0.4) is 0 Å². The van der Waals surface area contributed by atoms with Crippen molar-refractivity contribution in [1.29, 1.82) is 0 Å². The summed E-state index contributed by atoms with van der Waals surface area (Å²) in [7, 11) is 0. The zero-order valence-electron chi connectivity index (χ0n) is 19.7. The summed E-state index contributed by atoms with van der Waals surface area (Å²) in [5, 5.41) is 0. The number of hydrogen-bond acceptors (Lipinski definition) is 3. The minimum absolute atomic E-state index is 0.170. The van der Waals surface area contributed by atoms with Crippen molar-refractivity contribution in [3.8, 4) is 5.75 Å². The van der Waals surface area contributed by atoms with Crippen LogP contribution >= 0.6 is 0 Å². The van der Waals surface area contributed by atoms with Crippen LogP contribution in [0, 0.1) is 0 Å². The van der Waals surface area contributed by atoms with Crippen LogP contribution in [0.25, 0.3) is 6.08 Å². The van der Waals surface area contributed by atoms with E-state index >= 15 is 0 Å². The summed E-state index contributed by atoms with van der Waals surface area (Å²) in [6.45, 7) is 14.5. The van der Waals surface area contributed by atoms with Crippen LogP contribution in [0.4, 0.5) is 0 Å². The minimum atomic E-state index is -0.318. The van der Waals surface area contributed by atoms with Crippen LogP contribution in [0.2, 0.25) is 0 Å². The zero-order chi connectivity index (χ0) is 22.4. The summed E-state index contributed by atoms with van der Waals surface area (Å²) < 4.78 is 11.1. The zero-order valence-corrected chi connectivity index (χ0v) is 19.7. The highest BCUT2D eigenvalue weighted by Gasteiger charge is 2.41. The van der Waals surface area contributed by atoms with Crippen molar-refractivity contribution < 1.29 is 14.3 Å². The lowest BCUT2D eigenvalue weighted by molar-refractivity contribution is -0.137. The van der Waals surface area contributed by atoms with Crippen molar-refractivity contribution >= 4 is 12.0 Å². The van der Waals surface area contributed by atoms with Crippen molar-refractivity contribution in [1.82, 2.24) is 0 Å². The second-order valence-corrected chi connectivity index (χ2v) is 10.5. The molecule has 0 radical (unpaired) electrons. The molecule has 2 aliphatic rings. The first-order valence-electron chi connectivity index (χ1n) is 11.3. The summed E-state index contributed by atoms with van der Waals surface area (Å²) in [4.78, 5) is 11.7. The van der Waals surface area contributed by atoms with E-state index < -0.39 is 0 Å². The second kappa shape index (κ2) is 7.55. The van der Waals surface area contributed by atoms with Crippen molar-refractivity contribution in [3.63, 3.8) is 0 Å². The van der Waals surface area contributed by atoms with E-state index in [1.165, 1.54) is 41.2 Å². The molecule has 3 heteroatoms. The predicted molar refractivity (Wildman–Crippen MR) is 126 cm³/mol. The first-order valence-corrected chi connectivity index (χ1v) is 11.3. The normalized spacial score (nSPS) is 23.2. The van der Waals surface area contributed by atoms with Gasteiger partial charge in [-0.15, -0.1) is 0 Å². The third-order valence-corrected chi connectivity index (χ3v) is 7.30. The molecule has 0 N–H and O–H groups in total. The smallest absolute Gasteiger partial charge is 0.330 e. The first kappa shape index (κ1) is 21.7. The van der Waals surface area contributed by atoms with Crippen LogP contribution in [0.5, 0.6) is 5.75 Å². The van der Waals surface area contributed by atoms with E-state index in [1.54, 1.807) is 0 Å². The van der Waals surface area contributed by atoms with Gasteiger partial charge in [-0.3, -0.25) is 0 Å². The summed E-state index contributed by atoms with van der Waals surface area (Å²) in [5.74, 6) is 0.606. The van der Waals surface area contributed by atoms with Crippen molar-refractivity contribution in [3.05, 3.63) is 70.3 Å². The molecule has 0 spiro atoms. The molecule has 3 nitrogen and oxygen atoms in total. The quantitative estimate of drug-likeness (QED) is 0.431. The third-order valence-electron chi connectivity index (χ3n) is 7.30. The molecule has 1 aliphatic heterocycles. The Morgan fingerprint density at radius 3 is 2.39 bits per heavy atom. The minimum Gasteiger partial charge on any atom is -0.492 e. The topological polar surface area (TPSA) is 35.5 Å². The molecule has 0 aromatic heterocycles. The van der Waals surface area contributed by atoms with Crippen LogP contribution < -0.4 is 4.74 Å². The van der Waals surface area contributed by atoms with Gasteiger partial charge in [0, 0.05) is 11.6 Å². The van der Waals surface area contributed by atoms with Crippen LogP contribution in [-0.2, 0) is 25.8 Å². The Morgan fingerprint density at radius 2 is 1.68 bits per heavy atom. The van der Waals surface area contributed by atoms with E-state index in [1.807, 2.05) is 25.1 Å². The van der Waals surface area contributed by atoms with Gasteiger partial charge in [0.2, 0.25) is 0 Å². The molecule has 0 bridgehead atoms. The Balaban J connectivity index is 1.74. The molecule has 164 valence electrons. The summed E-state index contributed by atoms with van der Waals surface area (Å²) in [5.41, 5.74) is 6.53. The van der Waals surface area contributed by atoms with E-state index in [-0.39, 0.29) is 22.2 Å². The van der Waals surface area contributed by atoms with Gasteiger partial charge < -0.3 is 9.47 Å². The van der Waals surface area contributed by atoms with Crippen molar-refractivity contribution in [2.45, 2.75) is 70.6 Å². The Morgan fingerprint density at radius 1 is 0.968 bits per heavy atom. The highest BCUT2D eigenvalue weighted by atomic mass is 16.5. The van der Waals surface area contributed by atoms with E-state index in [0.29, 0.717) is 13.2 Å². The van der Waals surface area contributed by atoms with Gasteiger partial charge in [0.25, 0.3) is 0 Å². The molecule has 0 saturated heterocycles. The number of carbonyl (C=O) groups excluding carboxylic acids is 1. The van der Waals surface area contributed by atoms with Gasteiger partial charge in [-0.05, 0) is 78.0 Å². The van der Waals surface area contributed by atoms with Crippen LogP contribution in [0.1, 0.15) is 82.2 Å². The fourth-order valence-corrected chi connectivity index (χ4v) is 5.03. The van der Waals surface area contributed by atoms with Crippen LogP contribution in [-0.4, -0.2) is 19.2 Å². The van der Waals surface area contributed by atoms with E-state index in [0.717, 1.165) is 11.3 Å². The lowest BCUT2D eigenvalue weighted by Crippen LogP contribution is -2.35. The summed E-state index contributed by atoms with van der Waals surface area (Å²) >= 11 is 0. The Kier molecular flexibility index (Phi) is 5.28. The monoisotopic (exact) mass is 418 g/mol. The van der Waals surface area contributed by atoms with Gasteiger partial charge in [0.15, 0.2) is 0 Å². The van der Waals surface area contributed by atoms with Crippen molar-refractivity contribution in [2.24, 2.45) is 0 Å². The molecule has 0 fully saturated rings. The van der Waals surface area contributed by atoms with E-state index in [9.17, 15) is 4.79 Å². The first-order chi connectivity index (χ1) is 14.6. The lowest BCUT2D eigenvalue weighted by Gasteiger charge is -2.42. The van der Waals surface area contributed by atoms with Crippen LogP contribution in [0.15, 0.2) is 42.5 Å². The second-order valence-electron chi connectivity index (χ2n) is 10.5. The molecular weight excluding hydrogens is 384 g/mol. The molecule has 1 unspecified atom stereocenters. The molecular formula is C28H34O3. The molecule has 31 heavy (non-hydrogen) atoms. The SMILES string of the molecule is CCOC(=O)C=Cc1ccc2c(c1)C(C)(c1ccc3c(c1)C(C)(C)CCC3(C)C)CO2. The average Bonchev–Trinajstić information content (AvgIpc) is 3.07. The number of hydrogen-bond donors (Lipinski definition) is 0. The highest BCUT2D eigenvalue weighted by molar-refractivity contribution is 5.87. The maximum Gasteiger partial charge on any atom is 0.330 e. The van der Waals surface area contributed by atoms with Gasteiger partial charge in [0.05, 0.1) is 12.0 Å². The standard InChI is InChI=1S/C28H34O3/c1-7-30-25(29)13-9-19-8-12-24-23(16-19)28(6,18-31-24)20-10-11-21-22(17-20)27(4,5)15-14-26(21,2)3/h8-13,16-17H,7,14-15,18H2,1-6H3. The van der Waals surface area contributed by atoms with E-state index in [2.05, 4.69) is 58.9 Å². The number of carbonyl (C=O) groups is 1. The fraction of sp³-hybridized carbons (Fsp3) is 0.464. The Bertz CT molecular complexity index is 1040. The number of ether oxygens (including phenoxy) is 2. The largest absolute Gasteiger partial charge is 0.492 e. The molecule has 2 aromatic rings. The molecule has 4 rings (SSSR count). The highest BCUT2D eigenvalue weighted by Crippen LogP contribution is 2.49. The van der Waals surface area contributed by atoms with Gasteiger partial charge in [0.1, 0.15) is 12.4 Å². The van der Waals surface area contributed by atoms with Crippen molar-refractivity contribution in [2.75, 3.05) is 13.2 Å². The lowest BCUT2D eigenvalue weighted by atomic mass is 9.62. The Labute approximate surface area is 186 Å².